The van der Waals surface area contributed by atoms with Gasteiger partial charge in [0.05, 0.1) is 0 Å². The highest BCUT2D eigenvalue weighted by Gasteiger charge is 2.35. The molecule has 2 heteroatoms. The van der Waals surface area contributed by atoms with Gasteiger partial charge < -0.3 is 4.43 Å². The summed E-state index contributed by atoms with van der Waals surface area (Å²) in [6.07, 6.45) is 14.4. The quantitative estimate of drug-likeness (QED) is 0.258. The van der Waals surface area contributed by atoms with Crippen LogP contribution >= 0.6 is 0 Å². The van der Waals surface area contributed by atoms with Crippen molar-refractivity contribution in [3.63, 3.8) is 0 Å². The zero-order valence-electron chi connectivity index (χ0n) is 21.0. The Labute approximate surface area is 179 Å². The van der Waals surface area contributed by atoms with Crippen LogP contribution in [0.1, 0.15) is 74.7 Å². The number of hydrogen-bond donors (Lipinski definition) is 0. The van der Waals surface area contributed by atoms with Gasteiger partial charge in [0, 0.05) is 7.11 Å². The Morgan fingerprint density at radius 3 is 1.89 bits per heavy atom. The maximum atomic E-state index is 5.44. The molecule has 1 nitrogen and oxygen atoms in total. The molecule has 0 radical (unpaired) electrons. The number of allylic oxidation sites excluding steroid dienone is 7. The first kappa shape index (κ1) is 31.6. The summed E-state index contributed by atoms with van der Waals surface area (Å²) in [5.41, 5.74) is 3.15. The smallest absolute Gasteiger partial charge is 0.191 e. The van der Waals surface area contributed by atoms with Crippen molar-refractivity contribution in [1.29, 1.82) is 0 Å². The van der Waals surface area contributed by atoms with Crippen LogP contribution < -0.4 is 0 Å². The first-order valence-electron chi connectivity index (χ1n) is 10.4. The second kappa shape index (κ2) is 15.8. The Kier molecular flexibility index (Phi) is 17.8. The van der Waals surface area contributed by atoms with Crippen LogP contribution in [0.3, 0.4) is 0 Å². The molecule has 0 amide bonds. The molecule has 0 unspecified atom stereocenters. The summed E-state index contributed by atoms with van der Waals surface area (Å²) in [4.78, 5) is 0. The summed E-state index contributed by atoms with van der Waals surface area (Å²) in [5.74, 6) is 0. The van der Waals surface area contributed by atoms with Crippen molar-refractivity contribution >= 4 is 8.32 Å². The predicted octanol–water partition coefficient (Wildman–Crippen LogP) is 9.28. The first-order chi connectivity index (χ1) is 12.7. The van der Waals surface area contributed by atoms with Crippen LogP contribution in [0, 0.1) is 5.41 Å². The fourth-order valence-electron chi connectivity index (χ4n) is 2.27. The Morgan fingerprint density at radius 1 is 1.18 bits per heavy atom. The van der Waals surface area contributed by atoms with Crippen molar-refractivity contribution in [2.45, 2.75) is 92.8 Å². The maximum Gasteiger partial charge on any atom is 0.191 e. The monoisotopic (exact) mass is 406 g/mol. The van der Waals surface area contributed by atoms with Crippen molar-refractivity contribution in [3.05, 3.63) is 61.3 Å². The van der Waals surface area contributed by atoms with Gasteiger partial charge in [0.2, 0.25) is 0 Å². The molecule has 1 aliphatic carbocycles. The van der Waals surface area contributed by atoms with Crippen LogP contribution in [-0.4, -0.2) is 15.4 Å². The third kappa shape index (κ3) is 18.2. The molecule has 0 saturated heterocycles. The van der Waals surface area contributed by atoms with Gasteiger partial charge in [-0.3, -0.25) is 0 Å². The molecule has 0 aromatic rings. The molecule has 0 aliphatic heterocycles. The minimum absolute atomic E-state index is 0.363. The van der Waals surface area contributed by atoms with Gasteiger partial charge in [-0.05, 0) is 63.6 Å². The largest absolute Gasteiger partial charge is 0.420 e. The molecule has 0 saturated carbocycles. The Hall–Kier alpha value is -1.12. The number of rotatable bonds is 3. The molecule has 0 fully saturated rings. The summed E-state index contributed by atoms with van der Waals surface area (Å²) in [7, 11) is 0.438. The van der Waals surface area contributed by atoms with Gasteiger partial charge in [0.1, 0.15) is 0 Å². The molecule has 0 aromatic heterocycles. The van der Waals surface area contributed by atoms with Crippen molar-refractivity contribution in [1.82, 2.24) is 0 Å². The van der Waals surface area contributed by atoms with Crippen molar-refractivity contribution in [2.75, 3.05) is 7.11 Å². The standard InChI is InChI=1S/C9H16.C8H12.C7H18OSi.C2H4/c1-8-5-4-6-9(2,3)7-8;1-4-5-6-7-8(2)3;1-7(2,3)9(5,6)8-4;1-2/h7H,4-6H2,1-3H3;4-7H,2H2,1,3H3;1-6H3;1-2H2/b;5-4+,7-6+;;. The van der Waals surface area contributed by atoms with E-state index in [2.05, 4.69) is 80.4 Å². The molecular formula is C26H50OSi. The highest BCUT2D eigenvalue weighted by atomic mass is 28.4. The Morgan fingerprint density at radius 2 is 1.68 bits per heavy atom. The normalized spacial score (nSPS) is 16.0. The van der Waals surface area contributed by atoms with Gasteiger partial charge in [-0.1, -0.05) is 82.7 Å². The topological polar surface area (TPSA) is 9.23 Å². The summed E-state index contributed by atoms with van der Waals surface area (Å²) >= 11 is 0. The second-order valence-electron chi connectivity index (χ2n) is 9.53. The Bertz CT molecular complexity index is 499. The third-order valence-corrected chi connectivity index (χ3v) is 9.66. The van der Waals surface area contributed by atoms with E-state index in [4.69, 9.17) is 4.43 Å². The summed E-state index contributed by atoms with van der Waals surface area (Å²) < 4.78 is 5.44. The van der Waals surface area contributed by atoms with E-state index in [1.807, 2.05) is 45.3 Å². The van der Waals surface area contributed by atoms with E-state index in [0.717, 1.165) is 5.57 Å². The zero-order chi connectivity index (χ0) is 23.0. The molecule has 28 heavy (non-hydrogen) atoms. The van der Waals surface area contributed by atoms with E-state index >= 15 is 0 Å². The summed E-state index contributed by atoms with van der Waals surface area (Å²) in [6, 6.07) is 0. The summed E-state index contributed by atoms with van der Waals surface area (Å²) in [6.45, 7) is 31.7. The van der Waals surface area contributed by atoms with E-state index in [9.17, 15) is 0 Å². The third-order valence-electron chi connectivity index (χ3n) is 5.03. The van der Waals surface area contributed by atoms with Gasteiger partial charge in [-0.15, -0.1) is 13.2 Å². The van der Waals surface area contributed by atoms with Crippen LogP contribution in [-0.2, 0) is 4.43 Å². The van der Waals surface area contributed by atoms with E-state index in [1.54, 1.807) is 5.57 Å². The zero-order valence-corrected chi connectivity index (χ0v) is 22.0. The molecule has 0 aromatic carbocycles. The molecule has 1 aliphatic rings. The van der Waals surface area contributed by atoms with E-state index in [1.165, 1.54) is 19.3 Å². The van der Waals surface area contributed by atoms with Crippen LogP contribution in [0.5, 0.6) is 0 Å². The van der Waals surface area contributed by atoms with Gasteiger partial charge in [0.15, 0.2) is 8.32 Å². The lowest BCUT2D eigenvalue weighted by molar-refractivity contribution is 0.373. The van der Waals surface area contributed by atoms with Gasteiger partial charge in [0.25, 0.3) is 0 Å². The number of hydrogen-bond acceptors (Lipinski definition) is 1. The average Bonchev–Trinajstić information content (AvgIpc) is 2.55. The van der Waals surface area contributed by atoms with Crippen molar-refractivity contribution in [3.8, 4) is 0 Å². The van der Waals surface area contributed by atoms with Crippen molar-refractivity contribution in [2.24, 2.45) is 5.41 Å². The van der Waals surface area contributed by atoms with Gasteiger partial charge in [-0.25, -0.2) is 0 Å². The highest BCUT2D eigenvalue weighted by Crippen LogP contribution is 2.35. The van der Waals surface area contributed by atoms with Crippen LogP contribution in [0.2, 0.25) is 18.1 Å². The highest BCUT2D eigenvalue weighted by molar-refractivity contribution is 6.74. The predicted molar refractivity (Wildman–Crippen MR) is 136 cm³/mol. The van der Waals surface area contributed by atoms with Crippen LogP contribution in [0.4, 0.5) is 0 Å². The Balaban J connectivity index is -0.000000321. The van der Waals surface area contributed by atoms with Gasteiger partial charge in [-0.2, -0.15) is 0 Å². The average molecular weight is 407 g/mol. The molecular weight excluding hydrogens is 356 g/mol. The molecule has 0 atom stereocenters. The lowest BCUT2D eigenvalue weighted by Gasteiger charge is -2.34. The molecule has 0 spiro atoms. The van der Waals surface area contributed by atoms with E-state index < -0.39 is 8.32 Å². The summed E-state index contributed by atoms with van der Waals surface area (Å²) in [5, 5.41) is 0.363. The fourth-order valence-corrected chi connectivity index (χ4v) is 2.88. The first-order valence-corrected chi connectivity index (χ1v) is 13.3. The van der Waals surface area contributed by atoms with E-state index in [0.29, 0.717) is 10.5 Å². The molecule has 0 N–H and O–H groups in total. The maximum absolute atomic E-state index is 5.44. The lowest BCUT2D eigenvalue weighted by atomic mass is 9.80. The molecule has 1 rings (SSSR count). The molecule has 0 heterocycles. The fraction of sp³-hybridized carbons (Fsp3) is 0.615. The second-order valence-corrected chi connectivity index (χ2v) is 14.5. The van der Waals surface area contributed by atoms with Crippen LogP contribution in [0.15, 0.2) is 61.3 Å². The van der Waals surface area contributed by atoms with Crippen LogP contribution in [0.25, 0.3) is 0 Å². The minimum Gasteiger partial charge on any atom is -0.420 e. The lowest BCUT2D eigenvalue weighted by Crippen LogP contribution is -2.39. The SMILES string of the molecule is C=C.C=C(C)/C=C/C=C/C.CC1=CC(C)(C)CCC1.CO[Si](C)(C)C(C)(C)C. The minimum atomic E-state index is -1.38. The van der Waals surface area contributed by atoms with Crippen molar-refractivity contribution < 1.29 is 4.43 Å². The van der Waals surface area contributed by atoms with Gasteiger partial charge >= 0.3 is 0 Å². The molecule has 0 bridgehead atoms. The molecule has 164 valence electrons. The van der Waals surface area contributed by atoms with E-state index in [-0.39, 0.29) is 0 Å².